The Morgan fingerprint density at radius 1 is 1.24 bits per heavy atom. The standard InChI is InChI=1S/C19H28N4O2/c1-7-23-16(12-15-10-8-13(2)9-11-15)21-22-17(23)14(3)20-18(24)25-19(4,5)6/h8-11,14H,7,12H2,1-6H3,(H,20,24)/t14-/m1/s1. The van der Waals surface area contributed by atoms with Crippen LogP contribution in [0.3, 0.4) is 0 Å². The highest BCUT2D eigenvalue weighted by Crippen LogP contribution is 2.16. The lowest BCUT2D eigenvalue weighted by Crippen LogP contribution is -2.35. The molecule has 0 fully saturated rings. The molecule has 25 heavy (non-hydrogen) atoms. The van der Waals surface area contributed by atoms with E-state index in [0.29, 0.717) is 6.42 Å². The van der Waals surface area contributed by atoms with Crippen molar-refractivity contribution in [2.75, 3.05) is 0 Å². The minimum absolute atomic E-state index is 0.283. The lowest BCUT2D eigenvalue weighted by Gasteiger charge is -2.22. The summed E-state index contributed by atoms with van der Waals surface area (Å²) in [7, 11) is 0. The van der Waals surface area contributed by atoms with Crippen molar-refractivity contribution < 1.29 is 9.53 Å². The van der Waals surface area contributed by atoms with Crippen LogP contribution in [0.25, 0.3) is 0 Å². The fourth-order valence-electron chi connectivity index (χ4n) is 2.58. The lowest BCUT2D eigenvalue weighted by molar-refractivity contribution is 0.0505. The van der Waals surface area contributed by atoms with Gasteiger partial charge in [-0.05, 0) is 47.1 Å². The fourth-order valence-corrected chi connectivity index (χ4v) is 2.58. The quantitative estimate of drug-likeness (QED) is 0.896. The number of benzene rings is 1. The van der Waals surface area contributed by atoms with Crippen molar-refractivity contribution in [2.45, 2.75) is 66.2 Å². The number of rotatable bonds is 5. The summed E-state index contributed by atoms with van der Waals surface area (Å²) in [5.41, 5.74) is 1.89. The van der Waals surface area contributed by atoms with E-state index in [9.17, 15) is 4.79 Å². The van der Waals surface area contributed by atoms with Gasteiger partial charge >= 0.3 is 6.09 Å². The van der Waals surface area contributed by atoms with Crippen molar-refractivity contribution in [3.05, 3.63) is 47.0 Å². The number of nitrogens with one attached hydrogen (secondary N) is 1. The van der Waals surface area contributed by atoms with Crippen LogP contribution in [-0.4, -0.2) is 26.5 Å². The van der Waals surface area contributed by atoms with Gasteiger partial charge in [0.05, 0.1) is 6.04 Å². The molecular formula is C19H28N4O2. The maximum atomic E-state index is 12.0. The number of hydrogen-bond donors (Lipinski definition) is 1. The zero-order chi connectivity index (χ0) is 18.6. The molecule has 6 nitrogen and oxygen atoms in total. The Morgan fingerprint density at radius 3 is 2.44 bits per heavy atom. The van der Waals surface area contributed by atoms with Gasteiger partial charge in [-0.3, -0.25) is 0 Å². The van der Waals surface area contributed by atoms with E-state index in [1.165, 1.54) is 11.1 Å². The van der Waals surface area contributed by atoms with Crippen LogP contribution < -0.4 is 5.32 Å². The number of alkyl carbamates (subject to hydrolysis) is 1. The van der Waals surface area contributed by atoms with Crippen molar-refractivity contribution in [1.29, 1.82) is 0 Å². The molecule has 0 bridgehead atoms. The monoisotopic (exact) mass is 344 g/mol. The van der Waals surface area contributed by atoms with Crippen LogP contribution in [-0.2, 0) is 17.7 Å². The molecule has 0 aliphatic heterocycles. The molecule has 0 radical (unpaired) electrons. The molecule has 1 heterocycles. The molecule has 0 unspecified atom stereocenters. The van der Waals surface area contributed by atoms with Gasteiger partial charge in [0.2, 0.25) is 0 Å². The van der Waals surface area contributed by atoms with Crippen LogP contribution in [0, 0.1) is 6.92 Å². The zero-order valence-electron chi connectivity index (χ0n) is 16.0. The van der Waals surface area contributed by atoms with Gasteiger partial charge in [0.1, 0.15) is 11.4 Å². The number of ether oxygens (including phenoxy) is 1. The molecule has 0 saturated carbocycles. The molecule has 1 aromatic carbocycles. The van der Waals surface area contributed by atoms with E-state index in [-0.39, 0.29) is 6.04 Å². The summed E-state index contributed by atoms with van der Waals surface area (Å²) >= 11 is 0. The Hall–Kier alpha value is -2.37. The molecule has 136 valence electrons. The highest BCUT2D eigenvalue weighted by molar-refractivity contribution is 5.68. The van der Waals surface area contributed by atoms with Crippen molar-refractivity contribution in [3.8, 4) is 0 Å². The van der Waals surface area contributed by atoms with Gasteiger partial charge in [0.15, 0.2) is 5.82 Å². The number of hydrogen-bond acceptors (Lipinski definition) is 4. The maximum Gasteiger partial charge on any atom is 0.408 e. The van der Waals surface area contributed by atoms with Crippen LogP contribution in [0.1, 0.15) is 63.4 Å². The molecule has 0 aliphatic carbocycles. The third kappa shape index (κ3) is 5.31. The molecule has 0 spiro atoms. The highest BCUT2D eigenvalue weighted by Gasteiger charge is 2.22. The van der Waals surface area contributed by atoms with Gasteiger partial charge in [0.25, 0.3) is 0 Å². The van der Waals surface area contributed by atoms with Crippen LogP contribution in [0.2, 0.25) is 0 Å². The molecule has 0 aliphatic rings. The van der Waals surface area contributed by atoms with E-state index >= 15 is 0 Å². The van der Waals surface area contributed by atoms with Crippen LogP contribution in [0.4, 0.5) is 4.79 Å². The molecular weight excluding hydrogens is 316 g/mol. The fraction of sp³-hybridized carbons (Fsp3) is 0.526. The van der Waals surface area contributed by atoms with Gasteiger partial charge in [0, 0.05) is 13.0 Å². The summed E-state index contributed by atoms with van der Waals surface area (Å²) in [6.07, 6.45) is 0.256. The van der Waals surface area contributed by atoms with Crippen molar-refractivity contribution in [2.24, 2.45) is 0 Å². The number of aryl methyl sites for hydroxylation is 1. The predicted molar refractivity (Wildman–Crippen MR) is 97.5 cm³/mol. The van der Waals surface area contributed by atoms with Crippen LogP contribution in [0.15, 0.2) is 24.3 Å². The highest BCUT2D eigenvalue weighted by atomic mass is 16.6. The Kier molecular flexibility index (Phi) is 5.82. The number of carbonyl (C=O) groups excluding carboxylic acids is 1. The lowest BCUT2D eigenvalue weighted by atomic mass is 10.1. The van der Waals surface area contributed by atoms with Gasteiger partial charge in [-0.2, -0.15) is 0 Å². The second kappa shape index (κ2) is 7.68. The Labute approximate surface area is 149 Å². The van der Waals surface area contributed by atoms with E-state index in [0.717, 1.165) is 18.2 Å². The van der Waals surface area contributed by atoms with E-state index in [2.05, 4.69) is 46.7 Å². The normalized spacial score (nSPS) is 12.7. The first kappa shape index (κ1) is 19.0. The third-order valence-corrected chi connectivity index (χ3v) is 3.78. The minimum atomic E-state index is -0.529. The Bertz CT molecular complexity index is 714. The SMILES string of the molecule is CCn1c(Cc2ccc(C)cc2)nnc1[C@@H](C)NC(=O)OC(C)(C)C. The van der Waals surface area contributed by atoms with Gasteiger partial charge in [-0.15, -0.1) is 10.2 Å². The Balaban J connectivity index is 2.12. The topological polar surface area (TPSA) is 69.0 Å². The molecule has 2 aromatic rings. The number of amides is 1. The summed E-state index contributed by atoms with van der Waals surface area (Å²) in [6.45, 7) is 12.3. The molecule has 6 heteroatoms. The maximum absolute atomic E-state index is 12.0. The number of nitrogens with zero attached hydrogens (tertiary/aromatic N) is 3. The number of carbonyl (C=O) groups is 1. The average Bonchev–Trinajstić information content (AvgIpc) is 2.90. The average molecular weight is 344 g/mol. The summed E-state index contributed by atoms with van der Waals surface area (Å²) in [5, 5.41) is 11.4. The van der Waals surface area contributed by atoms with E-state index < -0.39 is 11.7 Å². The van der Waals surface area contributed by atoms with Crippen molar-refractivity contribution in [1.82, 2.24) is 20.1 Å². The largest absolute Gasteiger partial charge is 0.444 e. The van der Waals surface area contributed by atoms with Gasteiger partial charge in [-0.1, -0.05) is 29.8 Å². The molecule has 1 amide bonds. The molecule has 1 atom stereocenters. The van der Waals surface area contributed by atoms with Crippen molar-refractivity contribution >= 4 is 6.09 Å². The first-order valence-electron chi connectivity index (χ1n) is 8.66. The second-order valence-corrected chi connectivity index (χ2v) is 7.25. The van der Waals surface area contributed by atoms with E-state index in [1.807, 2.05) is 39.2 Å². The molecule has 0 saturated heterocycles. The van der Waals surface area contributed by atoms with E-state index in [1.54, 1.807) is 0 Å². The smallest absolute Gasteiger partial charge is 0.408 e. The summed E-state index contributed by atoms with van der Waals surface area (Å²) in [4.78, 5) is 12.0. The summed E-state index contributed by atoms with van der Waals surface area (Å²) in [6, 6.07) is 8.11. The first-order chi connectivity index (χ1) is 11.7. The minimum Gasteiger partial charge on any atom is -0.444 e. The third-order valence-electron chi connectivity index (χ3n) is 3.78. The summed E-state index contributed by atoms with van der Waals surface area (Å²) in [5.74, 6) is 1.62. The summed E-state index contributed by atoms with van der Waals surface area (Å²) < 4.78 is 7.35. The van der Waals surface area contributed by atoms with Crippen molar-refractivity contribution in [3.63, 3.8) is 0 Å². The van der Waals surface area contributed by atoms with Gasteiger partial charge in [-0.25, -0.2) is 4.79 Å². The molecule has 2 rings (SSSR count). The zero-order valence-corrected chi connectivity index (χ0v) is 16.0. The van der Waals surface area contributed by atoms with Crippen LogP contribution >= 0.6 is 0 Å². The van der Waals surface area contributed by atoms with Gasteiger partial charge < -0.3 is 14.6 Å². The van der Waals surface area contributed by atoms with E-state index in [4.69, 9.17) is 4.74 Å². The molecule has 1 aromatic heterocycles. The number of aromatic nitrogens is 3. The second-order valence-electron chi connectivity index (χ2n) is 7.25. The van der Waals surface area contributed by atoms with Crippen LogP contribution in [0.5, 0.6) is 0 Å². The first-order valence-corrected chi connectivity index (χ1v) is 8.66. The predicted octanol–water partition coefficient (Wildman–Crippen LogP) is 3.78. The Morgan fingerprint density at radius 2 is 1.88 bits per heavy atom. The molecule has 1 N–H and O–H groups in total.